The van der Waals surface area contributed by atoms with Crippen molar-refractivity contribution < 1.29 is 9.90 Å². The van der Waals surface area contributed by atoms with Crippen LogP contribution in [-0.2, 0) is 4.79 Å². The second-order valence-electron chi connectivity index (χ2n) is 7.98. The van der Waals surface area contributed by atoms with Crippen LogP contribution >= 0.6 is 0 Å². The number of carbonyl (C=O) groups is 1. The van der Waals surface area contributed by atoms with Gasteiger partial charge in [0.1, 0.15) is 0 Å². The van der Waals surface area contributed by atoms with Crippen molar-refractivity contribution in [1.82, 2.24) is 0 Å². The molecule has 0 amide bonds. The van der Waals surface area contributed by atoms with Crippen LogP contribution in [0.3, 0.4) is 0 Å². The normalized spacial score (nSPS) is 12.3. The molecule has 0 saturated carbocycles. The quantitative estimate of drug-likeness (QED) is 0.184. The average molecular weight is 367 g/mol. The zero-order valence-electron chi connectivity index (χ0n) is 18.1. The fourth-order valence-corrected chi connectivity index (χ4v) is 3.60. The summed E-state index contributed by atoms with van der Waals surface area (Å²) in [4.78, 5) is 11.4. The highest BCUT2D eigenvalue weighted by atomic mass is 16.4. The standard InChI is InChI=1S/C24H46O2/c1-4-6-8-10-12-13-15-17-19-21-23(22(3)24(25)26)20-18-16-14-11-9-7-5-2/h4-21H2,1-3H3,(H,25,26)/b23-22-. The van der Waals surface area contributed by atoms with Gasteiger partial charge in [-0.15, -0.1) is 0 Å². The zero-order valence-corrected chi connectivity index (χ0v) is 18.1. The summed E-state index contributed by atoms with van der Waals surface area (Å²) < 4.78 is 0. The average Bonchev–Trinajstić information content (AvgIpc) is 2.63. The molecule has 26 heavy (non-hydrogen) atoms. The molecule has 0 heterocycles. The molecule has 0 fully saturated rings. The zero-order chi connectivity index (χ0) is 19.5. The van der Waals surface area contributed by atoms with Gasteiger partial charge in [-0.25, -0.2) is 4.79 Å². The highest BCUT2D eigenvalue weighted by molar-refractivity contribution is 5.86. The van der Waals surface area contributed by atoms with Gasteiger partial charge in [-0.05, 0) is 32.6 Å². The molecule has 0 aliphatic heterocycles. The van der Waals surface area contributed by atoms with E-state index in [1.807, 2.05) is 0 Å². The molecule has 2 heteroatoms. The van der Waals surface area contributed by atoms with Crippen LogP contribution in [0.2, 0.25) is 0 Å². The molecule has 1 N–H and O–H groups in total. The number of unbranched alkanes of at least 4 members (excludes halogenated alkanes) is 14. The summed E-state index contributed by atoms with van der Waals surface area (Å²) in [5, 5.41) is 9.34. The third kappa shape index (κ3) is 15.5. The Hall–Kier alpha value is -0.790. The lowest BCUT2D eigenvalue weighted by Gasteiger charge is -2.11. The minimum absolute atomic E-state index is 0.607. The molecular weight excluding hydrogens is 320 g/mol. The van der Waals surface area contributed by atoms with Crippen LogP contribution in [0.1, 0.15) is 136 Å². The minimum Gasteiger partial charge on any atom is -0.478 e. The van der Waals surface area contributed by atoms with Crippen LogP contribution in [0.4, 0.5) is 0 Å². The molecule has 0 spiro atoms. The first kappa shape index (κ1) is 25.2. The molecule has 0 radical (unpaired) electrons. The van der Waals surface area contributed by atoms with E-state index >= 15 is 0 Å². The van der Waals surface area contributed by atoms with Crippen molar-refractivity contribution in [2.75, 3.05) is 0 Å². The summed E-state index contributed by atoms with van der Waals surface area (Å²) >= 11 is 0. The fourth-order valence-electron chi connectivity index (χ4n) is 3.60. The van der Waals surface area contributed by atoms with E-state index in [1.165, 1.54) is 95.5 Å². The first-order valence-electron chi connectivity index (χ1n) is 11.5. The Morgan fingerprint density at radius 1 is 0.577 bits per heavy atom. The van der Waals surface area contributed by atoms with Gasteiger partial charge in [0.2, 0.25) is 0 Å². The van der Waals surface area contributed by atoms with Crippen LogP contribution in [0.15, 0.2) is 11.1 Å². The molecule has 0 aromatic rings. The molecule has 0 aliphatic rings. The van der Waals surface area contributed by atoms with Gasteiger partial charge in [0.05, 0.1) is 0 Å². The van der Waals surface area contributed by atoms with E-state index in [0.717, 1.165) is 25.7 Å². The van der Waals surface area contributed by atoms with Crippen molar-refractivity contribution in [2.45, 2.75) is 136 Å². The highest BCUT2D eigenvalue weighted by Gasteiger charge is 2.09. The lowest BCUT2D eigenvalue weighted by Crippen LogP contribution is -2.02. The second-order valence-corrected chi connectivity index (χ2v) is 7.98. The maximum atomic E-state index is 11.4. The van der Waals surface area contributed by atoms with Gasteiger partial charge in [0.15, 0.2) is 0 Å². The molecule has 0 saturated heterocycles. The van der Waals surface area contributed by atoms with Crippen LogP contribution in [0.5, 0.6) is 0 Å². The van der Waals surface area contributed by atoms with Crippen LogP contribution in [-0.4, -0.2) is 11.1 Å². The number of carboxylic acids is 1. The van der Waals surface area contributed by atoms with Crippen molar-refractivity contribution in [3.05, 3.63) is 11.1 Å². The first-order valence-corrected chi connectivity index (χ1v) is 11.5. The van der Waals surface area contributed by atoms with E-state index in [2.05, 4.69) is 13.8 Å². The van der Waals surface area contributed by atoms with E-state index in [1.54, 1.807) is 6.92 Å². The lowest BCUT2D eigenvalue weighted by molar-refractivity contribution is -0.132. The smallest absolute Gasteiger partial charge is 0.331 e. The third-order valence-corrected chi connectivity index (χ3v) is 5.52. The summed E-state index contributed by atoms with van der Waals surface area (Å²) in [6, 6.07) is 0. The predicted octanol–water partition coefficient (Wildman–Crippen LogP) is 8.45. The Balaban J connectivity index is 3.89. The molecule has 0 aromatic carbocycles. The fraction of sp³-hybridized carbons (Fsp3) is 0.875. The molecular formula is C24H46O2. The Kier molecular flexibility index (Phi) is 18.4. The summed E-state index contributed by atoms with van der Waals surface area (Å²) in [5.74, 6) is -0.723. The van der Waals surface area contributed by atoms with E-state index in [4.69, 9.17) is 0 Å². The number of rotatable bonds is 19. The van der Waals surface area contributed by atoms with E-state index in [0.29, 0.717) is 5.57 Å². The van der Waals surface area contributed by atoms with Crippen molar-refractivity contribution in [3.63, 3.8) is 0 Å². The largest absolute Gasteiger partial charge is 0.478 e. The van der Waals surface area contributed by atoms with Gasteiger partial charge in [-0.2, -0.15) is 0 Å². The summed E-state index contributed by atoms with van der Waals surface area (Å²) in [6.07, 6.45) is 22.9. The first-order chi connectivity index (χ1) is 12.6. The summed E-state index contributed by atoms with van der Waals surface area (Å²) in [6.45, 7) is 6.31. The number of allylic oxidation sites excluding steroid dienone is 1. The maximum absolute atomic E-state index is 11.4. The predicted molar refractivity (Wildman–Crippen MR) is 115 cm³/mol. The molecule has 0 unspecified atom stereocenters. The molecule has 2 nitrogen and oxygen atoms in total. The molecule has 154 valence electrons. The topological polar surface area (TPSA) is 37.3 Å². The number of carboxylic acid groups (broad SMARTS) is 1. The van der Waals surface area contributed by atoms with Gasteiger partial charge in [0, 0.05) is 5.57 Å². The van der Waals surface area contributed by atoms with Gasteiger partial charge in [-0.3, -0.25) is 0 Å². The maximum Gasteiger partial charge on any atom is 0.331 e. The minimum atomic E-state index is -0.723. The van der Waals surface area contributed by atoms with E-state index in [9.17, 15) is 9.90 Å². The van der Waals surface area contributed by atoms with E-state index < -0.39 is 5.97 Å². The summed E-state index contributed by atoms with van der Waals surface area (Å²) in [7, 11) is 0. The summed E-state index contributed by atoms with van der Waals surface area (Å²) in [5.41, 5.74) is 1.81. The monoisotopic (exact) mass is 366 g/mol. The molecule has 0 aromatic heterocycles. The van der Waals surface area contributed by atoms with Crippen molar-refractivity contribution in [2.24, 2.45) is 0 Å². The molecule has 0 aliphatic carbocycles. The van der Waals surface area contributed by atoms with Crippen LogP contribution in [0.25, 0.3) is 0 Å². The number of aliphatic carboxylic acids is 1. The Morgan fingerprint density at radius 2 is 0.885 bits per heavy atom. The van der Waals surface area contributed by atoms with Gasteiger partial charge >= 0.3 is 5.97 Å². The van der Waals surface area contributed by atoms with Crippen LogP contribution < -0.4 is 0 Å². The lowest BCUT2D eigenvalue weighted by atomic mass is 9.95. The Bertz CT molecular complexity index is 357. The number of hydrogen-bond donors (Lipinski definition) is 1. The highest BCUT2D eigenvalue weighted by Crippen LogP contribution is 2.22. The van der Waals surface area contributed by atoms with Crippen LogP contribution in [0, 0.1) is 0 Å². The van der Waals surface area contributed by atoms with Crippen molar-refractivity contribution in [1.29, 1.82) is 0 Å². The van der Waals surface area contributed by atoms with Gasteiger partial charge in [-0.1, -0.05) is 109 Å². The second kappa shape index (κ2) is 19.0. The third-order valence-electron chi connectivity index (χ3n) is 5.52. The number of hydrogen-bond acceptors (Lipinski definition) is 1. The molecule has 0 bridgehead atoms. The molecule has 0 rings (SSSR count). The van der Waals surface area contributed by atoms with Crippen molar-refractivity contribution >= 4 is 5.97 Å². The Labute approximate surface area is 163 Å². The molecule has 0 atom stereocenters. The van der Waals surface area contributed by atoms with E-state index in [-0.39, 0.29) is 0 Å². The van der Waals surface area contributed by atoms with Gasteiger partial charge < -0.3 is 5.11 Å². The van der Waals surface area contributed by atoms with Gasteiger partial charge in [0.25, 0.3) is 0 Å². The Morgan fingerprint density at radius 3 is 1.19 bits per heavy atom. The van der Waals surface area contributed by atoms with Crippen molar-refractivity contribution in [3.8, 4) is 0 Å². The SMILES string of the molecule is CCCCCCCCCCC/C(CCCCCCCCC)=C(/C)C(=O)O.